The Morgan fingerprint density at radius 1 is 1.10 bits per heavy atom. The van der Waals surface area contributed by atoms with E-state index >= 15 is 0 Å². The van der Waals surface area contributed by atoms with Crippen molar-refractivity contribution in [3.05, 3.63) is 82.9 Å². The normalized spacial score (nSPS) is 12.8. The van der Waals surface area contributed by atoms with Crippen LogP contribution < -0.4 is 5.32 Å². The molecule has 0 bridgehead atoms. The number of ether oxygens (including phenoxy) is 1. The van der Waals surface area contributed by atoms with E-state index in [1.54, 1.807) is 13.0 Å². The summed E-state index contributed by atoms with van der Waals surface area (Å²) >= 11 is 6.64. The van der Waals surface area contributed by atoms with Crippen molar-refractivity contribution in [1.82, 2.24) is 5.32 Å². The highest BCUT2D eigenvalue weighted by Crippen LogP contribution is 2.35. The van der Waals surface area contributed by atoms with Gasteiger partial charge in [0.15, 0.2) is 6.10 Å². The molecule has 0 aliphatic heterocycles. The molecule has 2 atom stereocenters. The molecule has 0 unspecified atom stereocenters. The first kappa shape index (κ1) is 33.3. The van der Waals surface area contributed by atoms with Crippen molar-refractivity contribution in [2.24, 2.45) is 0 Å². The van der Waals surface area contributed by atoms with Crippen LogP contribution in [-0.4, -0.2) is 39.3 Å². The van der Waals surface area contributed by atoms with Crippen molar-refractivity contribution in [3.8, 4) is 11.1 Å². The lowest BCUT2D eigenvalue weighted by Crippen LogP contribution is -2.40. The minimum atomic E-state index is -3.93. The van der Waals surface area contributed by atoms with Crippen LogP contribution >= 0.6 is 11.6 Å². The molecule has 0 aromatic heterocycles. The molecule has 0 fully saturated rings. The molecule has 0 saturated carbocycles. The van der Waals surface area contributed by atoms with E-state index in [1.165, 1.54) is 17.2 Å². The Morgan fingerprint density at radius 3 is 2.45 bits per heavy atom. The van der Waals surface area contributed by atoms with E-state index in [0.29, 0.717) is 10.6 Å². The lowest BCUT2D eigenvalue weighted by atomic mass is 9.88. The number of hydrogen-bond donors (Lipinski definition) is 1. The average Bonchev–Trinajstić information content (AvgIpc) is 2.85. The molecule has 7 nitrogen and oxygen atoms in total. The smallest absolute Gasteiger partial charge is 0.308 e. The van der Waals surface area contributed by atoms with Crippen molar-refractivity contribution in [1.29, 1.82) is 0 Å². The summed E-state index contributed by atoms with van der Waals surface area (Å²) in [6, 6.07) is 8.95. The fourth-order valence-electron chi connectivity index (χ4n) is 4.68. The van der Waals surface area contributed by atoms with Gasteiger partial charge in [0, 0.05) is 11.4 Å². The number of esters is 1. The van der Waals surface area contributed by atoms with Crippen LogP contribution in [0.3, 0.4) is 0 Å². The zero-order valence-corrected chi connectivity index (χ0v) is 25.4. The first-order chi connectivity index (χ1) is 18.9. The first-order valence-corrected chi connectivity index (χ1v) is 15.6. The highest BCUT2D eigenvalue weighted by Gasteiger charge is 2.28. The van der Waals surface area contributed by atoms with E-state index in [-0.39, 0.29) is 19.4 Å². The lowest BCUT2D eigenvalue weighted by molar-refractivity contribution is -0.144. The maximum atomic E-state index is 13.2. The fraction of sp³-hybridized carbons (Fsp3) is 0.419. The Labute approximate surface area is 243 Å². The molecule has 0 heterocycles. The molecule has 2 aromatic rings. The van der Waals surface area contributed by atoms with Gasteiger partial charge < -0.3 is 10.1 Å². The summed E-state index contributed by atoms with van der Waals surface area (Å²) in [4.78, 5) is 25.7. The maximum absolute atomic E-state index is 13.2. The van der Waals surface area contributed by atoms with E-state index in [9.17, 15) is 18.0 Å². The van der Waals surface area contributed by atoms with Gasteiger partial charge in [-0.3, -0.25) is 13.8 Å². The van der Waals surface area contributed by atoms with Crippen molar-refractivity contribution in [2.45, 2.75) is 71.4 Å². The molecule has 0 spiro atoms. The van der Waals surface area contributed by atoms with Gasteiger partial charge in [0.05, 0.1) is 25.3 Å². The molecule has 9 heteroatoms. The number of carbonyl (C=O) groups is 2. The van der Waals surface area contributed by atoms with Gasteiger partial charge in [-0.15, -0.1) is 13.2 Å². The second-order valence-corrected chi connectivity index (χ2v) is 11.8. The predicted molar refractivity (Wildman–Crippen MR) is 161 cm³/mol. The molecule has 0 aliphatic rings. The summed E-state index contributed by atoms with van der Waals surface area (Å²) in [7, 11) is -3.93. The molecular formula is C31H40ClNO6S. The Balaban J connectivity index is 2.55. The average molecular weight is 590 g/mol. The number of benzene rings is 2. The Kier molecular flexibility index (Phi) is 13.1. The molecule has 1 N–H and O–H groups in total. The number of unbranched alkanes of at least 4 members (excludes halogenated alkanes) is 2. The summed E-state index contributed by atoms with van der Waals surface area (Å²) < 4.78 is 33.7. The van der Waals surface area contributed by atoms with E-state index in [2.05, 4.69) is 44.5 Å². The highest BCUT2D eigenvalue weighted by atomic mass is 35.5. The van der Waals surface area contributed by atoms with Crippen molar-refractivity contribution in [3.63, 3.8) is 0 Å². The molecule has 2 aromatic carbocycles. The van der Waals surface area contributed by atoms with Crippen LogP contribution in [0.5, 0.6) is 0 Å². The number of halogens is 1. The Morgan fingerprint density at radius 2 is 1.82 bits per heavy atom. The Bertz CT molecular complexity index is 1320. The van der Waals surface area contributed by atoms with Gasteiger partial charge in [0.1, 0.15) is 0 Å². The van der Waals surface area contributed by atoms with E-state index in [1.807, 2.05) is 18.2 Å². The van der Waals surface area contributed by atoms with E-state index in [0.717, 1.165) is 48.6 Å². The van der Waals surface area contributed by atoms with Crippen LogP contribution in [0.4, 0.5) is 0 Å². The third-order valence-electron chi connectivity index (χ3n) is 6.28. The van der Waals surface area contributed by atoms with Crippen LogP contribution in [-0.2, 0) is 35.0 Å². The molecule has 0 aliphatic carbocycles. The van der Waals surface area contributed by atoms with Gasteiger partial charge >= 0.3 is 5.97 Å². The topological polar surface area (TPSA) is 98.8 Å². The van der Waals surface area contributed by atoms with Crippen molar-refractivity contribution >= 4 is 33.6 Å². The van der Waals surface area contributed by atoms with Crippen LogP contribution in [0.2, 0.25) is 5.02 Å². The number of carbonyl (C=O) groups excluding carboxylic acids is 2. The van der Waals surface area contributed by atoms with Gasteiger partial charge in [-0.25, -0.2) is 0 Å². The van der Waals surface area contributed by atoms with E-state index < -0.39 is 34.1 Å². The van der Waals surface area contributed by atoms with Gasteiger partial charge in [-0.05, 0) is 86.4 Å². The highest BCUT2D eigenvalue weighted by molar-refractivity contribution is 7.86. The van der Waals surface area contributed by atoms with Gasteiger partial charge in [-0.1, -0.05) is 47.5 Å². The number of allylic oxidation sites excluding steroid dienone is 1. The van der Waals surface area contributed by atoms with Crippen LogP contribution in [0, 0.1) is 13.8 Å². The SMILES string of the molecule is C=CCCCCc1cc(C)cc(C)c1-c1ccc(Cl)c([C@H](CC(=O)OCC)NC(=O)[C@@H](CC=C)OS(C)(=O)=O)c1. The zero-order chi connectivity index (χ0) is 29.9. The lowest BCUT2D eigenvalue weighted by Gasteiger charge is -2.24. The van der Waals surface area contributed by atoms with Gasteiger partial charge in [0.25, 0.3) is 16.0 Å². The van der Waals surface area contributed by atoms with Crippen LogP contribution in [0.1, 0.15) is 67.3 Å². The molecule has 218 valence electrons. The monoisotopic (exact) mass is 589 g/mol. The third kappa shape index (κ3) is 10.2. The summed E-state index contributed by atoms with van der Waals surface area (Å²) in [6.45, 7) is 13.4. The Hall–Kier alpha value is -2.94. The second kappa shape index (κ2) is 15.7. The van der Waals surface area contributed by atoms with Gasteiger partial charge in [-0.2, -0.15) is 8.42 Å². The minimum Gasteiger partial charge on any atom is -0.466 e. The molecular weight excluding hydrogens is 550 g/mol. The number of aryl methyl sites for hydroxylation is 3. The van der Waals surface area contributed by atoms with Gasteiger partial charge in [0.2, 0.25) is 0 Å². The largest absolute Gasteiger partial charge is 0.466 e. The third-order valence-corrected chi connectivity index (χ3v) is 7.21. The number of hydrogen-bond acceptors (Lipinski definition) is 6. The number of rotatable bonds is 16. The fourth-order valence-corrected chi connectivity index (χ4v) is 5.52. The van der Waals surface area contributed by atoms with Crippen LogP contribution in [0.25, 0.3) is 11.1 Å². The number of nitrogens with one attached hydrogen (secondary N) is 1. The number of amides is 1. The summed E-state index contributed by atoms with van der Waals surface area (Å²) in [5.41, 5.74) is 5.96. The molecule has 0 saturated heterocycles. The molecule has 40 heavy (non-hydrogen) atoms. The second-order valence-electron chi connectivity index (χ2n) is 9.77. The predicted octanol–water partition coefficient (Wildman–Crippen LogP) is 6.55. The first-order valence-electron chi connectivity index (χ1n) is 13.4. The molecule has 1 amide bonds. The standard InChI is InChI=1S/C31H40ClNO6S/c1-7-10-11-12-14-23-18-21(4)17-22(5)30(23)24-15-16-26(32)25(19-24)27(20-29(34)38-9-3)33-31(35)28(13-8-2)39-40(6,36)37/h7-8,15-19,27-28H,1-2,9-14,20H2,3-6H3,(H,33,35)/t27-,28+/m0/s1. The minimum absolute atomic E-state index is 0.0451. The summed E-state index contributed by atoms with van der Waals surface area (Å²) in [5.74, 6) is -1.25. The van der Waals surface area contributed by atoms with Crippen LogP contribution in [0.15, 0.2) is 55.6 Å². The van der Waals surface area contributed by atoms with Crippen molar-refractivity contribution < 1.29 is 26.9 Å². The summed E-state index contributed by atoms with van der Waals surface area (Å²) in [6.07, 6.45) is 6.47. The zero-order valence-electron chi connectivity index (χ0n) is 23.8. The maximum Gasteiger partial charge on any atom is 0.308 e. The van der Waals surface area contributed by atoms with Crippen molar-refractivity contribution in [2.75, 3.05) is 12.9 Å². The summed E-state index contributed by atoms with van der Waals surface area (Å²) in [5, 5.41) is 3.11. The van der Waals surface area contributed by atoms with E-state index in [4.69, 9.17) is 20.5 Å². The quantitative estimate of drug-likeness (QED) is 0.103. The molecule has 0 radical (unpaired) electrons. The molecule has 2 rings (SSSR count).